The highest BCUT2D eigenvalue weighted by molar-refractivity contribution is 5.96. The third-order valence-corrected chi connectivity index (χ3v) is 2.78. The van der Waals surface area contributed by atoms with E-state index in [2.05, 4.69) is 0 Å². The van der Waals surface area contributed by atoms with E-state index >= 15 is 0 Å². The summed E-state index contributed by atoms with van der Waals surface area (Å²) in [7, 11) is 0. The molecule has 4 nitrogen and oxygen atoms in total. The number of carbonyl (C=O) groups is 2. The summed E-state index contributed by atoms with van der Waals surface area (Å²) in [6.07, 6.45) is 3.35. The molecule has 0 fully saturated rings. The van der Waals surface area contributed by atoms with E-state index in [-0.39, 0.29) is 11.1 Å². The topological polar surface area (TPSA) is 74.6 Å². The maximum Gasteiger partial charge on any atom is 0.336 e. The predicted molar refractivity (Wildman–Crippen MR) is 75.7 cm³/mol. The van der Waals surface area contributed by atoms with Crippen molar-refractivity contribution in [3.8, 4) is 0 Å². The fourth-order valence-electron chi connectivity index (χ4n) is 1.78. The van der Waals surface area contributed by atoms with Crippen molar-refractivity contribution in [2.75, 3.05) is 0 Å². The molecule has 0 saturated carbocycles. The Bertz CT molecular complexity index is 672. The van der Waals surface area contributed by atoms with Gasteiger partial charge in [0.25, 0.3) is 0 Å². The third kappa shape index (κ3) is 3.11. The standard InChI is InChI=1S/C16H12O4/c17-15(18)13-8-9-14(16(19)20)12(10-13)7-6-11-4-2-1-3-5-11/h1-10H,(H,17,18)(H,19,20)/b7-6-. The molecule has 0 aliphatic rings. The quantitative estimate of drug-likeness (QED) is 0.835. The molecule has 0 atom stereocenters. The fraction of sp³-hybridized carbons (Fsp3) is 0. The normalized spacial score (nSPS) is 10.6. The van der Waals surface area contributed by atoms with E-state index in [9.17, 15) is 9.59 Å². The average molecular weight is 268 g/mol. The molecule has 4 heteroatoms. The summed E-state index contributed by atoms with van der Waals surface area (Å²) in [5.41, 5.74) is 1.40. The number of hydrogen-bond donors (Lipinski definition) is 2. The Morgan fingerprint density at radius 3 is 2.15 bits per heavy atom. The van der Waals surface area contributed by atoms with Crippen LogP contribution in [0.4, 0.5) is 0 Å². The molecule has 0 aromatic heterocycles. The smallest absolute Gasteiger partial charge is 0.336 e. The van der Waals surface area contributed by atoms with Crippen LogP contribution >= 0.6 is 0 Å². The molecule has 2 N–H and O–H groups in total. The zero-order valence-electron chi connectivity index (χ0n) is 10.5. The Balaban J connectivity index is 2.43. The van der Waals surface area contributed by atoms with Gasteiger partial charge in [0.15, 0.2) is 0 Å². The minimum Gasteiger partial charge on any atom is -0.478 e. The van der Waals surface area contributed by atoms with E-state index in [4.69, 9.17) is 10.2 Å². The molecule has 2 aromatic rings. The van der Waals surface area contributed by atoms with Crippen LogP contribution in [-0.4, -0.2) is 22.2 Å². The van der Waals surface area contributed by atoms with E-state index in [0.717, 1.165) is 5.56 Å². The molecule has 0 aliphatic heterocycles. The molecule has 0 heterocycles. The molecule has 2 rings (SSSR count). The number of rotatable bonds is 4. The Morgan fingerprint density at radius 1 is 0.850 bits per heavy atom. The summed E-state index contributed by atoms with van der Waals surface area (Å²) < 4.78 is 0. The summed E-state index contributed by atoms with van der Waals surface area (Å²) in [5, 5.41) is 18.1. The van der Waals surface area contributed by atoms with Gasteiger partial charge in [-0.05, 0) is 29.3 Å². The van der Waals surface area contributed by atoms with Gasteiger partial charge in [-0.25, -0.2) is 9.59 Å². The molecular weight excluding hydrogens is 256 g/mol. The Kier molecular flexibility index (Phi) is 3.96. The van der Waals surface area contributed by atoms with Gasteiger partial charge >= 0.3 is 11.9 Å². The maximum absolute atomic E-state index is 11.1. The minimum absolute atomic E-state index is 0.0581. The third-order valence-electron chi connectivity index (χ3n) is 2.78. The lowest BCUT2D eigenvalue weighted by Crippen LogP contribution is -2.03. The van der Waals surface area contributed by atoms with Crippen LogP contribution in [-0.2, 0) is 0 Å². The Hall–Kier alpha value is -2.88. The zero-order valence-corrected chi connectivity index (χ0v) is 10.5. The van der Waals surface area contributed by atoms with Crippen molar-refractivity contribution in [2.45, 2.75) is 0 Å². The molecule has 0 amide bonds. The first-order valence-electron chi connectivity index (χ1n) is 5.91. The lowest BCUT2D eigenvalue weighted by molar-refractivity contribution is 0.0681. The monoisotopic (exact) mass is 268 g/mol. The lowest BCUT2D eigenvalue weighted by atomic mass is 10.0. The summed E-state index contributed by atoms with van der Waals surface area (Å²) in [6, 6.07) is 13.3. The molecule has 0 bridgehead atoms. The van der Waals surface area contributed by atoms with Crippen LogP contribution in [0.1, 0.15) is 31.8 Å². The largest absolute Gasteiger partial charge is 0.478 e. The Morgan fingerprint density at radius 2 is 1.55 bits per heavy atom. The van der Waals surface area contributed by atoms with Crippen LogP contribution in [0.25, 0.3) is 12.2 Å². The zero-order chi connectivity index (χ0) is 14.5. The number of aromatic carboxylic acids is 2. The van der Waals surface area contributed by atoms with Gasteiger partial charge in [-0.3, -0.25) is 0 Å². The van der Waals surface area contributed by atoms with E-state index in [1.165, 1.54) is 18.2 Å². The predicted octanol–water partition coefficient (Wildman–Crippen LogP) is 3.25. The summed E-state index contributed by atoms with van der Waals surface area (Å²) in [5.74, 6) is -2.18. The average Bonchev–Trinajstić information content (AvgIpc) is 2.45. The van der Waals surface area contributed by atoms with Gasteiger partial charge in [0.1, 0.15) is 0 Å². The molecule has 0 spiro atoms. The highest BCUT2D eigenvalue weighted by Gasteiger charge is 2.11. The van der Waals surface area contributed by atoms with Gasteiger partial charge in [0.05, 0.1) is 11.1 Å². The van der Waals surface area contributed by atoms with Crippen molar-refractivity contribution in [3.63, 3.8) is 0 Å². The second-order valence-corrected chi connectivity index (χ2v) is 4.16. The van der Waals surface area contributed by atoms with E-state index in [1.54, 1.807) is 12.2 Å². The molecular formula is C16H12O4. The molecule has 2 aromatic carbocycles. The number of carboxylic acids is 2. The van der Waals surface area contributed by atoms with Gasteiger partial charge in [-0.2, -0.15) is 0 Å². The van der Waals surface area contributed by atoms with Gasteiger partial charge in [0, 0.05) is 0 Å². The fourth-order valence-corrected chi connectivity index (χ4v) is 1.78. The second-order valence-electron chi connectivity index (χ2n) is 4.16. The molecule has 0 aliphatic carbocycles. The highest BCUT2D eigenvalue weighted by atomic mass is 16.4. The first-order chi connectivity index (χ1) is 9.58. The minimum atomic E-state index is -1.09. The van der Waals surface area contributed by atoms with Crippen molar-refractivity contribution in [2.24, 2.45) is 0 Å². The van der Waals surface area contributed by atoms with Crippen LogP contribution in [0.3, 0.4) is 0 Å². The Labute approximate surface area is 115 Å². The van der Waals surface area contributed by atoms with Gasteiger partial charge in [-0.1, -0.05) is 42.5 Å². The van der Waals surface area contributed by atoms with Crippen LogP contribution in [0.5, 0.6) is 0 Å². The summed E-state index contributed by atoms with van der Waals surface area (Å²) in [6.45, 7) is 0. The van der Waals surface area contributed by atoms with Crippen LogP contribution in [0.2, 0.25) is 0 Å². The first-order valence-corrected chi connectivity index (χ1v) is 5.91. The lowest BCUT2D eigenvalue weighted by Gasteiger charge is -2.03. The summed E-state index contributed by atoms with van der Waals surface area (Å²) >= 11 is 0. The van der Waals surface area contributed by atoms with Crippen LogP contribution < -0.4 is 0 Å². The second kappa shape index (κ2) is 5.84. The molecule has 0 radical (unpaired) electrons. The number of hydrogen-bond acceptors (Lipinski definition) is 2. The maximum atomic E-state index is 11.1. The molecule has 0 saturated heterocycles. The molecule has 0 unspecified atom stereocenters. The van der Waals surface area contributed by atoms with Crippen molar-refractivity contribution in [1.29, 1.82) is 0 Å². The molecule has 100 valence electrons. The van der Waals surface area contributed by atoms with Crippen molar-refractivity contribution in [3.05, 3.63) is 70.8 Å². The SMILES string of the molecule is O=C(O)c1ccc(C(=O)O)c(/C=C\c2ccccc2)c1. The van der Waals surface area contributed by atoms with Crippen LogP contribution in [0, 0.1) is 0 Å². The van der Waals surface area contributed by atoms with E-state index < -0.39 is 11.9 Å². The van der Waals surface area contributed by atoms with Gasteiger partial charge in [-0.15, -0.1) is 0 Å². The van der Waals surface area contributed by atoms with Gasteiger partial charge < -0.3 is 10.2 Å². The van der Waals surface area contributed by atoms with Crippen molar-refractivity contribution >= 4 is 24.1 Å². The first kappa shape index (κ1) is 13.5. The van der Waals surface area contributed by atoms with Crippen molar-refractivity contribution < 1.29 is 19.8 Å². The van der Waals surface area contributed by atoms with E-state index in [0.29, 0.717) is 5.56 Å². The number of carboxylic acid groups (broad SMARTS) is 2. The number of benzene rings is 2. The van der Waals surface area contributed by atoms with Crippen molar-refractivity contribution in [1.82, 2.24) is 0 Å². The molecule has 20 heavy (non-hydrogen) atoms. The van der Waals surface area contributed by atoms with Crippen LogP contribution in [0.15, 0.2) is 48.5 Å². The van der Waals surface area contributed by atoms with E-state index in [1.807, 2.05) is 30.3 Å². The summed E-state index contributed by atoms with van der Waals surface area (Å²) in [4.78, 5) is 22.1. The highest BCUT2D eigenvalue weighted by Crippen LogP contribution is 2.16. The van der Waals surface area contributed by atoms with Gasteiger partial charge in [0.2, 0.25) is 0 Å².